The van der Waals surface area contributed by atoms with Crippen molar-refractivity contribution < 1.29 is 42.7 Å². The second-order valence-corrected chi connectivity index (χ2v) is 28.3. The Balaban J connectivity index is -0.000000750. The van der Waals surface area contributed by atoms with Crippen molar-refractivity contribution in [1.82, 2.24) is 0 Å². The van der Waals surface area contributed by atoms with E-state index >= 15 is 0 Å². The maximum Gasteiger partial charge on any atom is 0 e. The summed E-state index contributed by atoms with van der Waals surface area (Å²) in [4.78, 5) is 12.2. The van der Waals surface area contributed by atoms with Crippen molar-refractivity contribution in [3.63, 3.8) is 0 Å². The molecule has 0 spiro atoms. The molecule has 0 aromatic heterocycles. The Kier molecular flexibility index (Phi) is 24.6. The molecule has 2 aromatic carbocycles. The molecular weight excluding hydrogens is 969 g/mol. The molecule has 3 radical (unpaired) electrons. The van der Waals surface area contributed by atoms with Crippen LogP contribution in [0.25, 0.3) is 0 Å². The van der Waals surface area contributed by atoms with Gasteiger partial charge >= 0.3 is 36.4 Å². The summed E-state index contributed by atoms with van der Waals surface area (Å²) >= 11 is -11.2. The zero-order chi connectivity index (χ0) is 37.2. The Labute approximate surface area is 310 Å². The molecule has 0 atom stereocenters. The van der Waals surface area contributed by atoms with Crippen LogP contribution in [0.15, 0.2) is 66.7 Å². The maximum absolute atomic E-state index is 12.2. The number of allylic oxidation sites excluding steroid dienone is 2. The van der Waals surface area contributed by atoms with E-state index in [-0.39, 0.29) is 31.9 Å². The summed E-state index contributed by atoms with van der Waals surface area (Å²) in [7, 11) is -2.23. The van der Waals surface area contributed by atoms with Gasteiger partial charge in [0.25, 0.3) is 8.32 Å². The number of benzene rings is 2. The molecule has 0 fully saturated rings. The molecule has 2 rings (SSSR count). The van der Waals surface area contributed by atoms with E-state index in [9.17, 15) is 21.7 Å². The van der Waals surface area contributed by atoms with Gasteiger partial charge in [-0.05, 0) is 70.7 Å². The van der Waals surface area contributed by atoms with E-state index in [2.05, 4.69) is 102 Å². The maximum atomic E-state index is 12.2. The molecule has 0 aliphatic rings. The average molecular weight is 1030 g/mol. The topological polar surface area (TPSA) is 20.2 Å². The minimum absolute atomic E-state index is 0. The Morgan fingerprint density at radius 3 is 1.08 bits per heavy atom. The van der Waals surface area contributed by atoms with Gasteiger partial charge in [-0.2, -0.15) is 0 Å². The van der Waals surface area contributed by atoms with Crippen molar-refractivity contribution in [3.8, 4) is 0 Å². The third kappa shape index (κ3) is 28.9. The summed E-state index contributed by atoms with van der Waals surface area (Å²) in [5, 5.41) is 1.97. The van der Waals surface area contributed by atoms with E-state index in [0.29, 0.717) is 15.8 Å². The van der Waals surface area contributed by atoms with Crippen LogP contribution < -0.4 is 10.4 Å². The van der Waals surface area contributed by atoms with E-state index in [0.717, 1.165) is 15.9 Å². The molecule has 1 nitrogen and oxygen atoms in total. The molecule has 0 amide bonds. The molecule has 12 heteroatoms. The monoisotopic (exact) mass is 1030 g/mol. The summed E-state index contributed by atoms with van der Waals surface area (Å²) in [6.45, 7) is 26.7. The normalized spacial score (nSPS) is 13.7. The van der Waals surface area contributed by atoms with Crippen molar-refractivity contribution in [2.45, 2.75) is 83.1 Å². The first-order chi connectivity index (χ1) is 21.2. The summed E-state index contributed by atoms with van der Waals surface area (Å²) < 4.78 is 59.6. The fraction of sp³-hybridized carbons (Fsp3) is 0.556. The third-order valence-electron chi connectivity index (χ3n) is 6.69. The van der Waals surface area contributed by atoms with E-state index in [1.807, 2.05) is 60.7 Å². The zero-order valence-electron chi connectivity index (χ0n) is 31.0. The van der Waals surface area contributed by atoms with Gasteiger partial charge < -0.3 is 4.80 Å². The molecule has 1 N–H and O–H groups in total. The second-order valence-electron chi connectivity index (χ2n) is 13.2. The summed E-state index contributed by atoms with van der Waals surface area (Å²) in [6, 6.07) is 20.1. The number of rotatable bonds is 11. The predicted octanol–water partition coefficient (Wildman–Crippen LogP) is 11.7. The SMILES string of the molecule is CC(C)(C)[CH][C]([C]=CC(C)(C)C)[Si](O)(c1ccccc1)c1ccccc1.CCP(CC)CC.CCP(CC)CC.[F][Sb-]([F])([F])([F])([F])[F].[Pt]. The van der Waals surface area contributed by atoms with Crippen LogP contribution in [0.2, 0.25) is 0 Å². The molecule has 48 heavy (non-hydrogen) atoms. The number of hydrogen-bond donors (Lipinski definition) is 1. The zero-order valence-corrected chi connectivity index (χ0v) is 38.7. The summed E-state index contributed by atoms with van der Waals surface area (Å²) in [6.07, 6.45) is 16.3. The molecule has 0 bridgehead atoms. The van der Waals surface area contributed by atoms with Gasteiger partial charge in [-0.3, -0.25) is 0 Å². The van der Waals surface area contributed by atoms with E-state index in [4.69, 9.17) is 0 Å². The minimum atomic E-state index is -11.2. The minimum Gasteiger partial charge on any atom is 0 e. The van der Waals surface area contributed by atoms with Crippen LogP contribution in [0, 0.1) is 28.9 Å². The van der Waals surface area contributed by atoms with Gasteiger partial charge in [0.15, 0.2) is 0 Å². The standard InChI is InChI=1S/C24H31OSi.2C6H15P.6FH.Pt.Sb/c1-23(2,3)18-17-22(19-24(4,5)6)26(25,20-13-9-7-10-14-20)21-15-11-8-12-16-21;2*1-4-7(5-2)6-3;;;;;;;;/h7-16,18-19,25H,1-6H3;2*4-6H2,1-3H3;6*1H;;/q;;;;;;;;;;+5/p-6. The molecular formula is C36H61F6OP2PtSbSi-. The molecule has 0 unspecified atom stereocenters. The first-order valence-electron chi connectivity index (χ1n) is 16.4. The molecule has 0 saturated heterocycles. The fourth-order valence-corrected chi connectivity index (χ4v) is 10.1. The molecule has 283 valence electrons. The van der Waals surface area contributed by atoms with Gasteiger partial charge in [-0.15, -0.1) is 15.8 Å². The van der Waals surface area contributed by atoms with E-state index < -0.39 is 27.8 Å². The smallest absolute Gasteiger partial charge is 0 e. The van der Waals surface area contributed by atoms with Gasteiger partial charge in [0.05, 0.1) is 0 Å². The predicted molar refractivity (Wildman–Crippen MR) is 204 cm³/mol. The van der Waals surface area contributed by atoms with Crippen molar-refractivity contribution in [2.24, 2.45) is 10.8 Å². The Hall–Kier alpha value is 0.303. The van der Waals surface area contributed by atoms with Crippen LogP contribution in [0.1, 0.15) is 83.1 Å². The van der Waals surface area contributed by atoms with E-state index in [1.54, 1.807) is 0 Å². The van der Waals surface area contributed by atoms with Gasteiger partial charge in [0, 0.05) is 26.6 Å². The van der Waals surface area contributed by atoms with Crippen molar-refractivity contribution in [2.75, 3.05) is 37.0 Å². The quantitative estimate of drug-likeness (QED) is 0.135. The molecule has 0 aliphatic carbocycles. The first kappa shape index (κ1) is 52.7. The van der Waals surface area contributed by atoms with Gasteiger partial charge in [0.2, 0.25) is 0 Å². The average Bonchev–Trinajstić information content (AvgIpc) is 2.96. The van der Waals surface area contributed by atoms with Gasteiger partial charge in [-0.25, -0.2) is 0 Å². The van der Waals surface area contributed by atoms with Crippen molar-refractivity contribution in [3.05, 3.63) is 84.8 Å². The Morgan fingerprint density at radius 2 is 0.896 bits per heavy atom. The third-order valence-corrected chi connectivity index (χ3v) is 15.5. The van der Waals surface area contributed by atoms with Gasteiger partial charge in [0.1, 0.15) is 0 Å². The first-order valence-corrected chi connectivity index (χ1v) is 27.9. The van der Waals surface area contributed by atoms with Crippen molar-refractivity contribution >= 4 is 54.0 Å². The Morgan fingerprint density at radius 1 is 0.625 bits per heavy atom. The second kappa shape index (κ2) is 22.4. The largest absolute Gasteiger partial charge is 0 e. The fourth-order valence-electron chi connectivity index (χ4n) is 4.16. The van der Waals surface area contributed by atoms with Crippen molar-refractivity contribution in [1.29, 1.82) is 0 Å². The molecule has 0 saturated carbocycles. The Bertz CT molecular complexity index is 1050. The number of halogens is 6. The molecule has 0 heterocycles. The van der Waals surface area contributed by atoms with E-state index in [1.165, 1.54) is 37.0 Å². The van der Waals surface area contributed by atoms with Crippen LogP contribution in [-0.2, 0) is 21.1 Å². The molecule has 2 aromatic rings. The van der Waals surface area contributed by atoms with Crippen LogP contribution in [-0.4, -0.2) is 69.6 Å². The van der Waals surface area contributed by atoms with Gasteiger partial charge in [-0.1, -0.05) is 150 Å². The number of hydrogen-bond acceptors (Lipinski definition) is 1. The van der Waals surface area contributed by atoms with Crippen LogP contribution in [0.4, 0.5) is 16.9 Å². The van der Waals surface area contributed by atoms with Crippen LogP contribution >= 0.6 is 15.8 Å². The van der Waals surface area contributed by atoms with Crippen LogP contribution in [0.5, 0.6) is 0 Å². The molecule has 0 aliphatic heterocycles. The summed E-state index contributed by atoms with van der Waals surface area (Å²) in [5.74, 6) is 0. The summed E-state index contributed by atoms with van der Waals surface area (Å²) in [5.41, 5.74) is 0.857. The van der Waals surface area contributed by atoms with Crippen LogP contribution in [0.3, 0.4) is 0 Å².